The SMILES string of the molecule is CCCCCCCCCC(C)(CO)CO. The van der Waals surface area contributed by atoms with Crippen molar-refractivity contribution in [1.29, 1.82) is 0 Å². The van der Waals surface area contributed by atoms with Crippen LogP contribution in [0.2, 0.25) is 0 Å². The molecule has 2 nitrogen and oxygen atoms in total. The second-order valence-electron chi connectivity index (χ2n) is 5.00. The Balaban J connectivity index is 3.29. The monoisotopic (exact) mass is 216 g/mol. The molecule has 2 N–H and O–H groups in total. The normalized spacial score (nSPS) is 12.0. The molecule has 0 unspecified atom stereocenters. The molecule has 0 radical (unpaired) electrons. The van der Waals surface area contributed by atoms with Crippen molar-refractivity contribution in [2.45, 2.75) is 65.2 Å². The average molecular weight is 216 g/mol. The predicted octanol–water partition coefficient (Wildman–Crippen LogP) is 3.12. The van der Waals surface area contributed by atoms with E-state index < -0.39 is 0 Å². The molecule has 0 aliphatic heterocycles. The van der Waals surface area contributed by atoms with Crippen LogP contribution in [0.3, 0.4) is 0 Å². The van der Waals surface area contributed by atoms with Crippen LogP contribution in [0, 0.1) is 5.41 Å². The molecular formula is C13H28O2. The van der Waals surface area contributed by atoms with Crippen molar-refractivity contribution < 1.29 is 10.2 Å². The minimum absolute atomic E-state index is 0.0966. The van der Waals surface area contributed by atoms with Crippen molar-refractivity contribution in [3.63, 3.8) is 0 Å². The molecule has 0 saturated carbocycles. The topological polar surface area (TPSA) is 40.5 Å². The maximum absolute atomic E-state index is 9.10. The van der Waals surface area contributed by atoms with E-state index in [0.717, 1.165) is 12.8 Å². The van der Waals surface area contributed by atoms with E-state index in [2.05, 4.69) is 6.92 Å². The Morgan fingerprint density at radius 3 is 1.73 bits per heavy atom. The summed E-state index contributed by atoms with van der Waals surface area (Å²) in [6.45, 7) is 4.37. The molecule has 0 aromatic heterocycles. The highest BCUT2D eigenvalue weighted by Crippen LogP contribution is 2.23. The highest BCUT2D eigenvalue weighted by atomic mass is 16.3. The zero-order chi connectivity index (χ0) is 11.6. The lowest BCUT2D eigenvalue weighted by molar-refractivity contribution is 0.0605. The summed E-state index contributed by atoms with van der Waals surface area (Å²) in [4.78, 5) is 0. The first-order chi connectivity index (χ1) is 7.18. The second kappa shape index (κ2) is 9.17. The summed E-state index contributed by atoms with van der Waals surface area (Å²) in [5, 5.41) is 18.2. The first-order valence-electron chi connectivity index (χ1n) is 6.40. The molecule has 0 aromatic carbocycles. The number of rotatable bonds is 10. The molecule has 15 heavy (non-hydrogen) atoms. The third kappa shape index (κ3) is 7.80. The zero-order valence-electron chi connectivity index (χ0n) is 10.5. The van der Waals surface area contributed by atoms with Crippen molar-refractivity contribution in [2.75, 3.05) is 13.2 Å². The Hall–Kier alpha value is -0.0800. The molecular weight excluding hydrogens is 188 g/mol. The van der Waals surface area contributed by atoms with Gasteiger partial charge in [-0.1, -0.05) is 58.8 Å². The van der Waals surface area contributed by atoms with E-state index in [1.54, 1.807) is 0 Å². The molecule has 0 fully saturated rings. The fourth-order valence-electron chi connectivity index (χ4n) is 1.72. The van der Waals surface area contributed by atoms with E-state index in [1.165, 1.54) is 38.5 Å². The molecule has 0 heterocycles. The first-order valence-corrected chi connectivity index (χ1v) is 6.40. The highest BCUT2D eigenvalue weighted by Gasteiger charge is 2.21. The molecule has 0 aromatic rings. The van der Waals surface area contributed by atoms with E-state index in [-0.39, 0.29) is 18.6 Å². The van der Waals surface area contributed by atoms with E-state index >= 15 is 0 Å². The van der Waals surface area contributed by atoms with Gasteiger partial charge in [-0.2, -0.15) is 0 Å². The summed E-state index contributed by atoms with van der Waals surface area (Å²) in [5.41, 5.74) is -0.260. The molecule has 0 aliphatic rings. The van der Waals surface area contributed by atoms with Crippen LogP contribution in [0.25, 0.3) is 0 Å². The Morgan fingerprint density at radius 1 is 0.800 bits per heavy atom. The van der Waals surface area contributed by atoms with Gasteiger partial charge in [0.25, 0.3) is 0 Å². The molecule has 0 spiro atoms. The van der Waals surface area contributed by atoms with Gasteiger partial charge in [0.2, 0.25) is 0 Å². The third-order valence-electron chi connectivity index (χ3n) is 3.15. The highest BCUT2D eigenvalue weighted by molar-refractivity contribution is 4.71. The second-order valence-corrected chi connectivity index (χ2v) is 5.00. The van der Waals surface area contributed by atoms with Crippen LogP contribution in [-0.4, -0.2) is 23.4 Å². The fourth-order valence-corrected chi connectivity index (χ4v) is 1.72. The summed E-state index contributed by atoms with van der Waals surface area (Å²) >= 11 is 0. The van der Waals surface area contributed by atoms with Crippen molar-refractivity contribution >= 4 is 0 Å². The third-order valence-corrected chi connectivity index (χ3v) is 3.15. The van der Waals surface area contributed by atoms with Gasteiger partial charge in [-0.05, 0) is 6.42 Å². The van der Waals surface area contributed by atoms with Crippen molar-refractivity contribution in [3.05, 3.63) is 0 Å². The number of hydrogen-bond donors (Lipinski definition) is 2. The Bertz CT molecular complexity index is 130. The lowest BCUT2D eigenvalue weighted by Crippen LogP contribution is -2.25. The van der Waals surface area contributed by atoms with Crippen LogP contribution in [0.4, 0.5) is 0 Å². The standard InChI is InChI=1S/C13H28O2/c1-3-4-5-6-7-8-9-10-13(2,11-14)12-15/h14-15H,3-12H2,1-2H3. The van der Waals surface area contributed by atoms with Gasteiger partial charge >= 0.3 is 0 Å². The Morgan fingerprint density at radius 2 is 1.27 bits per heavy atom. The molecule has 0 atom stereocenters. The molecule has 0 amide bonds. The van der Waals surface area contributed by atoms with E-state index in [1.807, 2.05) is 6.92 Å². The smallest absolute Gasteiger partial charge is 0.0506 e. The van der Waals surface area contributed by atoms with Crippen LogP contribution >= 0.6 is 0 Å². The van der Waals surface area contributed by atoms with Gasteiger partial charge < -0.3 is 10.2 Å². The fraction of sp³-hybridized carbons (Fsp3) is 1.00. The van der Waals surface area contributed by atoms with E-state index in [0.29, 0.717) is 0 Å². The molecule has 0 saturated heterocycles. The predicted molar refractivity (Wildman–Crippen MR) is 64.9 cm³/mol. The maximum Gasteiger partial charge on any atom is 0.0506 e. The molecule has 92 valence electrons. The van der Waals surface area contributed by atoms with Crippen LogP contribution < -0.4 is 0 Å². The first kappa shape index (κ1) is 14.9. The van der Waals surface area contributed by atoms with E-state index in [9.17, 15) is 0 Å². The van der Waals surface area contributed by atoms with Gasteiger partial charge in [-0.15, -0.1) is 0 Å². The molecule has 2 heteroatoms. The molecule has 0 bridgehead atoms. The van der Waals surface area contributed by atoms with Crippen LogP contribution in [-0.2, 0) is 0 Å². The minimum Gasteiger partial charge on any atom is -0.396 e. The van der Waals surface area contributed by atoms with Gasteiger partial charge in [0.15, 0.2) is 0 Å². The minimum atomic E-state index is -0.260. The maximum atomic E-state index is 9.10. The summed E-state index contributed by atoms with van der Waals surface area (Å²) in [7, 11) is 0. The quantitative estimate of drug-likeness (QED) is 0.551. The van der Waals surface area contributed by atoms with Crippen LogP contribution in [0.1, 0.15) is 65.2 Å². The van der Waals surface area contributed by atoms with Gasteiger partial charge in [0, 0.05) is 5.41 Å². The summed E-state index contributed by atoms with van der Waals surface area (Å²) in [6, 6.07) is 0. The van der Waals surface area contributed by atoms with Crippen LogP contribution in [0.5, 0.6) is 0 Å². The largest absolute Gasteiger partial charge is 0.396 e. The summed E-state index contributed by atoms with van der Waals surface area (Å²) < 4.78 is 0. The molecule has 0 rings (SSSR count). The number of aliphatic hydroxyl groups is 2. The summed E-state index contributed by atoms with van der Waals surface area (Å²) in [6.07, 6.45) is 9.94. The van der Waals surface area contributed by atoms with Crippen LogP contribution in [0.15, 0.2) is 0 Å². The average Bonchev–Trinajstić information content (AvgIpc) is 2.27. The number of aliphatic hydroxyl groups excluding tert-OH is 2. The Labute approximate surface area is 94.7 Å². The Kier molecular flexibility index (Phi) is 9.12. The van der Waals surface area contributed by atoms with Crippen molar-refractivity contribution in [2.24, 2.45) is 5.41 Å². The zero-order valence-corrected chi connectivity index (χ0v) is 10.5. The van der Waals surface area contributed by atoms with Gasteiger partial charge in [-0.3, -0.25) is 0 Å². The lowest BCUT2D eigenvalue weighted by Gasteiger charge is -2.24. The van der Waals surface area contributed by atoms with E-state index in [4.69, 9.17) is 10.2 Å². The van der Waals surface area contributed by atoms with Gasteiger partial charge in [-0.25, -0.2) is 0 Å². The van der Waals surface area contributed by atoms with Crippen molar-refractivity contribution in [1.82, 2.24) is 0 Å². The summed E-state index contributed by atoms with van der Waals surface area (Å²) in [5.74, 6) is 0. The van der Waals surface area contributed by atoms with Gasteiger partial charge in [0.05, 0.1) is 13.2 Å². The van der Waals surface area contributed by atoms with Gasteiger partial charge in [0.1, 0.15) is 0 Å². The van der Waals surface area contributed by atoms with Crippen molar-refractivity contribution in [3.8, 4) is 0 Å². The number of unbranched alkanes of at least 4 members (excludes halogenated alkanes) is 6. The molecule has 0 aliphatic carbocycles. The number of hydrogen-bond acceptors (Lipinski definition) is 2. The lowest BCUT2D eigenvalue weighted by atomic mass is 9.86.